The minimum absolute atomic E-state index is 0.0151. The first kappa shape index (κ1) is 14.4. The van der Waals surface area contributed by atoms with Gasteiger partial charge in [-0.3, -0.25) is 0 Å². The first-order valence-corrected chi connectivity index (χ1v) is 7.04. The number of β-amino-alcohol motifs (C(OH)–C–C–N with tert-alkyl or cyclic N) is 1. The molecule has 0 bridgehead atoms. The summed E-state index contributed by atoms with van der Waals surface area (Å²) in [6.45, 7) is 13.1. The third-order valence-electron chi connectivity index (χ3n) is 3.79. The van der Waals surface area contributed by atoms with Crippen LogP contribution < -0.4 is 10.2 Å². The van der Waals surface area contributed by atoms with E-state index in [0.717, 1.165) is 6.54 Å². The van der Waals surface area contributed by atoms with Crippen LogP contribution in [0.4, 0.5) is 5.69 Å². The normalized spacial score (nSPS) is 23.3. The van der Waals surface area contributed by atoms with Gasteiger partial charge in [0.2, 0.25) is 0 Å². The van der Waals surface area contributed by atoms with Crippen LogP contribution in [0, 0.1) is 20.8 Å². The Morgan fingerprint density at radius 1 is 1.21 bits per heavy atom. The van der Waals surface area contributed by atoms with E-state index >= 15 is 0 Å². The lowest BCUT2D eigenvalue weighted by Gasteiger charge is -2.33. The first-order valence-electron chi connectivity index (χ1n) is 7.04. The summed E-state index contributed by atoms with van der Waals surface area (Å²) >= 11 is 0. The van der Waals surface area contributed by atoms with Crippen LogP contribution in [0.3, 0.4) is 0 Å². The molecule has 0 aromatic heterocycles. The highest BCUT2D eigenvalue weighted by Crippen LogP contribution is 2.28. The van der Waals surface area contributed by atoms with Crippen molar-refractivity contribution in [1.29, 1.82) is 0 Å². The maximum Gasteiger partial charge on any atom is 0.0839 e. The van der Waals surface area contributed by atoms with Crippen molar-refractivity contribution < 1.29 is 5.11 Å². The Bertz CT molecular complexity index is 445. The second kappa shape index (κ2) is 5.14. The van der Waals surface area contributed by atoms with Crippen molar-refractivity contribution in [3.8, 4) is 0 Å². The molecule has 0 spiro atoms. The minimum Gasteiger partial charge on any atom is -0.390 e. The Hall–Kier alpha value is -1.06. The molecule has 1 aromatic rings. The molecule has 1 unspecified atom stereocenters. The average Bonchev–Trinajstić information content (AvgIpc) is 2.36. The number of aliphatic hydroxyl groups is 1. The Morgan fingerprint density at radius 3 is 2.37 bits per heavy atom. The zero-order valence-electron chi connectivity index (χ0n) is 12.7. The molecule has 2 rings (SSSR count). The van der Waals surface area contributed by atoms with Gasteiger partial charge in [0, 0.05) is 30.9 Å². The molecule has 3 heteroatoms. The van der Waals surface area contributed by atoms with Crippen molar-refractivity contribution in [3.63, 3.8) is 0 Å². The van der Waals surface area contributed by atoms with Gasteiger partial charge in [-0.05, 0) is 45.7 Å². The van der Waals surface area contributed by atoms with Crippen LogP contribution >= 0.6 is 0 Å². The van der Waals surface area contributed by atoms with Gasteiger partial charge >= 0.3 is 0 Å². The van der Waals surface area contributed by atoms with E-state index in [2.05, 4.69) is 57.0 Å². The van der Waals surface area contributed by atoms with E-state index in [1.807, 2.05) is 0 Å². The number of hydrogen-bond donors (Lipinski definition) is 2. The first-order chi connectivity index (χ1) is 8.78. The highest BCUT2D eigenvalue weighted by molar-refractivity contribution is 5.60. The zero-order chi connectivity index (χ0) is 14.2. The van der Waals surface area contributed by atoms with Crippen molar-refractivity contribution >= 4 is 5.69 Å². The number of nitrogens with zero attached hydrogens (tertiary/aromatic N) is 1. The van der Waals surface area contributed by atoms with Gasteiger partial charge in [0.05, 0.1) is 6.10 Å². The van der Waals surface area contributed by atoms with Crippen LogP contribution in [0.25, 0.3) is 0 Å². The maximum atomic E-state index is 10.1. The second-order valence-electron chi connectivity index (χ2n) is 6.55. The topological polar surface area (TPSA) is 35.5 Å². The van der Waals surface area contributed by atoms with Gasteiger partial charge in [-0.25, -0.2) is 0 Å². The summed E-state index contributed by atoms with van der Waals surface area (Å²) in [6.07, 6.45) is -0.318. The molecular formula is C16H26N2O. The van der Waals surface area contributed by atoms with Crippen molar-refractivity contribution in [1.82, 2.24) is 5.32 Å². The third kappa shape index (κ3) is 3.28. The SMILES string of the molecule is Cc1cc(C)c(N2CC(O)CNC(C)(C)C2)c(C)c1. The van der Waals surface area contributed by atoms with Crippen LogP contribution in [0.5, 0.6) is 0 Å². The van der Waals surface area contributed by atoms with Crippen LogP contribution in [-0.2, 0) is 0 Å². The lowest BCUT2D eigenvalue weighted by molar-refractivity contribution is 0.179. The maximum absolute atomic E-state index is 10.1. The van der Waals surface area contributed by atoms with E-state index in [4.69, 9.17) is 0 Å². The molecular weight excluding hydrogens is 236 g/mol. The van der Waals surface area contributed by atoms with Gasteiger partial charge in [-0.15, -0.1) is 0 Å². The molecule has 0 aliphatic carbocycles. The van der Waals surface area contributed by atoms with Crippen molar-refractivity contribution in [2.75, 3.05) is 24.5 Å². The van der Waals surface area contributed by atoms with Gasteiger partial charge in [0.15, 0.2) is 0 Å². The number of benzene rings is 1. The Balaban J connectivity index is 2.39. The van der Waals surface area contributed by atoms with Crippen molar-refractivity contribution in [3.05, 3.63) is 28.8 Å². The molecule has 2 N–H and O–H groups in total. The number of aliphatic hydroxyl groups excluding tert-OH is 1. The molecule has 3 nitrogen and oxygen atoms in total. The zero-order valence-corrected chi connectivity index (χ0v) is 12.7. The summed E-state index contributed by atoms with van der Waals surface area (Å²) in [5.41, 5.74) is 5.18. The fraction of sp³-hybridized carbons (Fsp3) is 0.625. The van der Waals surface area contributed by atoms with Gasteiger partial charge < -0.3 is 15.3 Å². The highest BCUT2D eigenvalue weighted by atomic mass is 16.3. The molecule has 19 heavy (non-hydrogen) atoms. The quantitative estimate of drug-likeness (QED) is 0.814. The molecule has 0 saturated carbocycles. The van der Waals surface area contributed by atoms with Crippen LogP contribution in [0.15, 0.2) is 12.1 Å². The molecule has 0 amide bonds. The molecule has 1 aromatic carbocycles. The van der Waals surface area contributed by atoms with E-state index in [1.54, 1.807) is 0 Å². The molecule has 106 valence electrons. The summed E-state index contributed by atoms with van der Waals surface area (Å²) in [4.78, 5) is 2.33. The smallest absolute Gasteiger partial charge is 0.0839 e. The molecule has 1 aliphatic rings. The molecule has 1 fully saturated rings. The number of aryl methyl sites for hydroxylation is 3. The Labute approximate surface area is 116 Å². The average molecular weight is 262 g/mol. The van der Waals surface area contributed by atoms with Gasteiger partial charge in [-0.2, -0.15) is 0 Å². The third-order valence-corrected chi connectivity index (χ3v) is 3.79. The van der Waals surface area contributed by atoms with Crippen LogP contribution in [0.2, 0.25) is 0 Å². The molecule has 1 aliphatic heterocycles. The van der Waals surface area contributed by atoms with Crippen molar-refractivity contribution in [2.24, 2.45) is 0 Å². The summed E-state index contributed by atoms with van der Waals surface area (Å²) < 4.78 is 0. The fourth-order valence-corrected chi connectivity index (χ4v) is 3.15. The summed E-state index contributed by atoms with van der Waals surface area (Å²) in [5, 5.41) is 13.5. The van der Waals surface area contributed by atoms with Gasteiger partial charge in [0.25, 0.3) is 0 Å². The molecule has 0 radical (unpaired) electrons. The Kier molecular flexibility index (Phi) is 3.88. The molecule has 1 heterocycles. The largest absolute Gasteiger partial charge is 0.390 e. The van der Waals surface area contributed by atoms with E-state index in [-0.39, 0.29) is 11.6 Å². The van der Waals surface area contributed by atoms with E-state index in [1.165, 1.54) is 22.4 Å². The fourth-order valence-electron chi connectivity index (χ4n) is 3.15. The summed E-state index contributed by atoms with van der Waals surface area (Å²) in [7, 11) is 0. The van der Waals surface area contributed by atoms with E-state index < -0.39 is 0 Å². The monoisotopic (exact) mass is 262 g/mol. The van der Waals surface area contributed by atoms with Gasteiger partial charge in [-0.1, -0.05) is 17.7 Å². The highest BCUT2D eigenvalue weighted by Gasteiger charge is 2.29. The molecule has 1 saturated heterocycles. The Morgan fingerprint density at radius 2 is 1.79 bits per heavy atom. The molecule has 1 atom stereocenters. The lowest BCUT2D eigenvalue weighted by Crippen LogP contribution is -2.46. The van der Waals surface area contributed by atoms with E-state index in [9.17, 15) is 5.11 Å². The summed E-state index contributed by atoms with van der Waals surface area (Å²) in [5.74, 6) is 0. The minimum atomic E-state index is -0.318. The number of anilines is 1. The standard InChI is InChI=1S/C16H26N2O/c1-11-6-12(2)15(13(3)7-11)18-9-14(19)8-17-16(4,5)10-18/h6-7,14,17,19H,8-10H2,1-5H3. The number of rotatable bonds is 1. The lowest BCUT2D eigenvalue weighted by atomic mass is 10.0. The van der Waals surface area contributed by atoms with Crippen molar-refractivity contribution in [2.45, 2.75) is 46.3 Å². The second-order valence-corrected chi connectivity index (χ2v) is 6.55. The summed E-state index contributed by atoms with van der Waals surface area (Å²) in [6, 6.07) is 4.44. The van der Waals surface area contributed by atoms with Crippen LogP contribution in [-0.4, -0.2) is 36.4 Å². The predicted molar refractivity (Wildman–Crippen MR) is 81.0 cm³/mol. The number of hydrogen-bond acceptors (Lipinski definition) is 3. The predicted octanol–water partition coefficient (Wildman–Crippen LogP) is 2.16. The van der Waals surface area contributed by atoms with E-state index in [0.29, 0.717) is 13.1 Å². The van der Waals surface area contributed by atoms with Crippen LogP contribution in [0.1, 0.15) is 30.5 Å². The van der Waals surface area contributed by atoms with Gasteiger partial charge in [0.1, 0.15) is 0 Å². The number of nitrogens with one attached hydrogen (secondary N) is 1.